The molecule has 0 saturated carbocycles. The van der Waals surface area contributed by atoms with Gasteiger partial charge in [0.15, 0.2) is 0 Å². The van der Waals surface area contributed by atoms with Crippen LogP contribution >= 0.6 is 0 Å². The van der Waals surface area contributed by atoms with Crippen molar-refractivity contribution in [2.24, 2.45) is 0 Å². The van der Waals surface area contributed by atoms with Crippen LogP contribution in [0.4, 0.5) is 13.2 Å². The van der Waals surface area contributed by atoms with Crippen molar-refractivity contribution in [3.05, 3.63) is 52.6 Å². The molecule has 6 nitrogen and oxygen atoms in total. The van der Waals surface area contributed by atoms with E-state index in [1.807, 2.05) is 18.4 Å². The van der Waals surface area contributed by atoms with Gasteiger partial charge in [-0.1, -0.05) is 12.1 Å². The number of rotatable bonds is 4. The molecule has 0 atom stereocenters. The fraction of sp³-hybridized carbons (Fsp3) is 0.476. The zero-order chi connectivity index (χ0) is 22.1. The fourth-order valence-corrected chi connectivity index (χ4v) is 3.97. The second-order valence-electron chi connectivity index (χ2n) is 7.58. The Morgan fingerprint density at radius 2 is 1.87 bits per heavy atom. The van der Waals surface area contributed by atoms with Gasteiger partial charge in [-0.15, -0.1) is 0 Å². The molecule has 1 aromatic carbocycles. The Bertz CT molecular complexity index is 944. The third-order valence-corrected chi connectivity index (χ3v) is 5.52. The number of aromatic nitrogens is 2. The fourth-order valence-electron chi connectivity index (χ4n) is 3.97. The van der Waals surface area contributed by atoms with Crippen LogP contribution in [0.3, 0.4) is 0 Å². The van der Waals surface area contributed by atoms with E-state index < -0.39 is 17.6 Å². The maximum absolute atomic E-state index is 12.9. The second-order valence-corrected chi connectivity index (χ2v) is 7.58. The van der Waals surface area contributed by atoms with Crippen LogP contribution < -0.4 is 5.32 Å². The van der Waals surface area contributed by atoms with E-state index in [0.29, 0.717) is 24.5 Å². The summed E-state index contributed by atoms with van der Waals surface area (Å²) in [6.45, 7) is 6.50. The van der Waals surface area contributed by atoms with Crippen LogP contribution in [0, 0.1) is 13.8 Å². The van der Waals surface area contributed by atoms with Gasteiger partial charge in [0, 0.05) is 38.3 Å². The van der Waals surface area contributed by atoms with Crippen molar-refractivity contribution in [2.75, 3.05) is 13.1 Å². The van der Waals surface area contributed by atoms with E-state index in [1.54, 1.807) is 11.8 Å². The van der Waals surface area contributed by atoms with Crippen LogP contribution in [0.2, 0.25) is 0 Å². The number of imidazole rings is 1. The summed E-state index contributed by atoms with van der Waals surface area (Å²) < 4.78 is 40.6. The van der Waals surface area contributed by atoms with Gasteiger partial charge in [-0.25, -0.2) is 4.98 Å². The van der Waals surface area contributed by atoms with E-state index in [0.717, 1.165) is 30.7 Å². The van der Waals surface area contributed by atoms with Gasteiger partial charge in [0.25, 0.3) is 5.91 Å². The minimum absolute atomic E-state index is 0.0227. The van der Waals surface area contributed by atoms with Crippen LogP contribution in [0.1, 0.15) is 58.9 Å². The summed E-state index contributed by atoms with van der Waals surface area (Å²) in [5.74, 6) is 0.341. The molecule has 1 aliphatic heterocycles. The lowest BCUT2D eigenvalue weighted by molar-refractivity contribution is -0.137. The van der Waals surface area contributed by atoms with Gasteiger partial charge in [0.05, 0.1) is 5.56 Å². The number of carbonyl (C=O) groups excluding carboxylic acids is 2. The number of hydrogen-bond acceptors (Lipinski definition) is 3. The second kappa shape index (κ2) is 8.49. The Morgan fingerprint density at radius 1 is 1.20 bits per heavy atom. The first kappa shape index (κ1) is 21.9. The van der Waals surface area contributed by atoms with Gasteiger partial charge in [-0.2, -0.15) is 13.2 Å². The highest BCUT2D eigenvalue weighted by Crippen LogP contribution is 2.30. The molecule has 1 fully saturated rings. The minimum Gasteiger partial charge on any atom is -0.347 e. The summed E-state index contributed by atoms with van der Waals surface area (Å²) in [7, 11) is 0. The van der Waals surface area contributed by atoms with Gasteiger partial charge >= 0.3 is 6.18 Å². The van der Waals surface area contributed by atoms with E-state index in [4.69, 9.17) is 0 Å². The van der Waals surface area contributed by atoms with E-state index in [9.17, 15) is 22.8 Å². The predicted octanol–water partition coefficient (Wildman–Crippen LogP) is 3.63. The van der Waals surface area contributed by atoms with Crippen molar-refractivity contribution >= 4 is 11.8 Å². The first-order valence-corrected chi connectivity index (χ1v) is 9.83. The third kappa shape index (κ3) is 4.66. The summed E-state index contributed by atoms with van der Waals surface area (Å²) in [5, 5.41) is 2.67. The average molecular weight is 422 g/mol. The van der Waals surface area contributed by atoms with Crippen LogP contribution in [-0.4, -0.2) is 39.4 Å². The first-order valence-electron chi connectivity index (χ1n) is 9.83. The molecular weight excluding hydrogens is 397 g/mol. The smallest absolute Gasteiger partial charge is 0.347 e. The number of nitrogens with zero attached hydrogens (tertiary/aromatic N) is 3. The Labute approximate surface area is 173 Å². The van der Waals surface area contributed by atoms with Crippen molar-refractivity contribution in [3.8, 4) is 0 Å². The molecule has 0 spiro atoms. The maximum Gasteiger partial charge on any atom is 0.416 e. The lowest BCUT2D eigenvalue weighted by Gasteiger charge is -2.33. The number of alkyl halides is 3. The highest BCUT2D eigenvalue weighted by atomic mass is 19.4. The maximum atomic E-state index is 12.9. The van der Waals surface area contributed by atoms with E-state index >= 15 is 0 Å². The molecule has 2 heterocycles. The van der Waals surface area contributed by atoms with Crippen molar-refractivity contribution in [1.29, 1.82) is 0 Å². The van der Waals surface area contributed by atoms with Gasteiger partial charge in [0.1, 0.15) is 11.5 Å². The molecule has 1 saturated heterocycles. The number of hydrogen-bond donors (Lipinski definition) is 1. The molecule has 0 bridgehead atoms. The standard InChI is InChI=1S/C21H25F3N4O2/c1-13-19(20(30)25-12-16-5-4-6-17(11-16)21(22,23)24)26-14(2)28(13)18-7-9-27(10-8-18)15(3)29/h4-6,11,18H,7-10,12H2,1-3H3,(H,25,30). The summed E-state index contributed by atoms with van der Waals surface area (Å²) in [4.78, 5) is 30.4. The number of piperidine rings is 1. The number of likely N-dealkylation sites (tertiary alicyclic amines) is 1. The molecule has 1 aliphatic rings. The van der Waals surface area contributed by atoms with Crippen molar-refractivity contribution in [1.82, 2.24) is 19.8 Å². The van der Waals surface area contributed by atoms with Crippen LogP contribution in [-0.2, 0) is 17.5 Å². The van der Waals surface area contributed by atoms with Gasteiger partial charge in [-0.05, 0) is 44.4 Å². The molecule has 0 unspecified atom stereocenters. The Morgan fingerprint density at radius 3 is 2.47 bits per heavy atom. The Balaban J connectivity index is 1.69. The number of halogens is 3. The van der Waals surface area contributed by atoms with Crippen molar-refractivity contribution in [2.45, 2.75) is 52.4 Å². The van der Waals surface area contributed by atoms with Gasteiger partial charge in [-0.3, -0.25) is 9.59 Å². The molecule has 3 rings (SSSR count). The van der Waals surface area contributed by atoms with Crippen LogP contribution in [0.5, 0.6) is 0 Å². The number of benzene rings is 1. The molecule has 0 radical (unpaired) electrons. The highest BCUT2D eigenvalue weighted by Gasteiger charge is 2.30. The van der Waals surface area contributed by atoms with Crippen LogP contribution in [0.15, 0.2) is 24.3 Å². The largest absolute Gasteiger partial charge is 0.416 e. The summed E-state index contributed by atoms with van der Waals surface area (Å²) in [6, 6.07) is 5.03. The minimum atomic E-state index is -4.43. The number of amides is 2. The number of nitrogens with one attached hydrogen (secondary N) is 1. The molecule has 2 aromatic rings. The average Bonchev–Trinajstić information content (AvgIpc) is 3.00. The first-order chi connectivity index (χ1) is 14.1. The lowest BCUT2D eigenvalue weighted by Crippen LogP contribution is -2.38. The zero-order valence-corrected chi connectivity index (χ0v) is 17.2. The van der Waals surface area contributed by atoms with Crippen molar-refractivity contribution < 1.29 is 22.8 Å². The summed E-state index contributed by atoms with van der Waals surface area (Å²) >= 11 is 0. The van der Waals surface area contributed by atoms with Crippen molar-refractivity contribution in [3.63, 3.8) is 0 Å². The number of aryl methyl sites for hydroxylation is 1. The van der Waals surface area contributed by atoms with E-state index in [1.165, 1.54) is 12.1 Å². The summed E-state index contributed by atoms with van der Waals surface area (Å²) in [5.41, 5.74) is 0.606. The van der Waals surface area contributed by atoms with Gasteiger partial charge in [0.2, 0.25) is 5.91 Å². The molecule has 2 amide bonds. The topological polar surface area (TPSA) is 67.2 Å². The van der Waals surface area contributed by atoms with E-state index in [2.05, 4.69) is 10.3 Å². The van der Waals surface area contributed by atoms with Crippen LogP contribution in [0.25, 0.3) is 0 Å². The Hall–Kier alpha value is -2.84. The summed E-state index contributed by atoms with van der Waals surface area (Å²) in [6.07, 6.45) is -2.86. The SMILES string of the molecule is CC(=O)N1CCC(n2c(C)nc(C(=O)NCc3cccc(C(F)(F)F)c3)c2C)CC1. The predicted molar refractivity (Wildman–Crippen MR) is 105 cm³/mol. The molecule has 0 aliphatic carbocycles. The highest BCUT2D eigenvalue weighted by molar-refractivity contribution is 5.93. The van der Waals surface area contributed by atoms with E-state index in [-0.39, 0.29) is 24.2 Å². The lowest BCUT2D eigenvalue weighted by atomic mass is 10.0. The molecule has 9 heteroatoms. The molecule has 162 valence electrons. The van der Waals surface area contributed by atoms with Gasteiger partial charge < -0.3 is 14.8 Å². The Kier molecular flexibility index (Phi) is 6.19. The monoisotopic (exact) mass is 422 g/mol. The third-order valence-electron chi connectivity index (χ3n) is 5.52. The molecule has 1 N–H and O–H groups in total. The zero-order valence-electron chi connectivity index (χ0n) is 17.2. The number of carbonyl (C=O) groups is 2. The normalized spacial score (nSPS) is 15.3. The molecule has 1 aromatic heterocycles. The molecular formula is C21H25F3N4O2. The molecule has 30 heavy (non-hydrogen) atoms. The quantitative estimate of drug-likeness (QED) is 0.818.